The van der Waals surface area contributed by atoms with Crippen molar-refractivity contribution in [2.75, 3.05) is 26.6 Å². The van der Waals surface area contributed by atoms with Crippen molar-refractivity contribution >= 4 is 11.7 Å². The molecule has 2 N–H and O–H groups in total. The Bertz CT molecular complexity index is 861. The standard InChI is InChI=1S/C18H19N3O5/c1-23-12-9-15(24-2)13(16(10-12)25-3)8-11-4-5-14(26-11)18(22)20-17-6-7-19-21-17/h4-7,9-10H,8H2,1-3H3,(H2,19,20,21,22). The van der Waals surface area contributed by atoms with E-state index in [-0.39, 0.29) is 11.7 Å². The lowest BCUT2D eigenvalue weighted by Gasteiger charge is -2.14. The van der Waals surface area contributed by atoms with Gasteiger partial charge in [0.1, 0.15) is 28.8 Å². The lowest BCUT2D eigenvalue weighted by Crippen LogP contribution is -2.11. The van der Waals surface area contributed by atoms with Gasteiger partial charge in [0, 0.05) is 30.2 Å². The summed E-state index contributed by atoms with van der Waals surface area (Å²) < 4.78 is 21.8. The number of carbonyl (C=O) groups is 1. The van der Waals surface area contributed by atoms with Gasteiger partial charge in [-0.25, -0.2) is 0 Å². The van der Waals surface area contributed by atoms with Gasteiger partial charge in [0.05, 0.1) is 27.5 Å². The molecule has 0 aliphatic carbocycles. The summed E-state index contributed by atoms with van der Waals surface area (Å²) >= 11 is 0. The van der Waals surface area contributed by atoms with Crippen LogP contribution >= 0.6 is 0 Å². The molecule has 0 aliphatic rings. The zero-order valence-corrected chi connectivity index (χ0v) is 14.7. The number of carbonyl (C=O) groups excluding carboxylic acids is 1. The number of furan rings is 1. The van der Waals surface area contributed by atoms with Crippen LogP contribution in [-0.4, -0.2) is 37.4 Å². The highest BCUT2D eigenvalue weighted by molar-refractivity contribution is 6.01. The third kappa shape index (κ3) is 3.64. The van der Waals surface area contributed by atoms with Crippen LogP contribution < -0.4 is 19.5 Å². The second-order valence-electron chi connectivity index (χ2n) is 5.38. The maximum Gasteiger partial charge on any atom is 0.292 e. The fraction of sp³-hybridized carbons (Fsp3) is 0.222. The van der Waals surface area contributed by atoms with Crippen molar-refractivity contribution in [2.45, 2.75) is 6.42 Å². The molecule has 0 atom stereocenters. The Morgan fingerprint density at radius 2 is 1.85 bits per heavy atom. The van der Waals surface area contributed by atoms with E-state index in [1.54, 1.807) is 57.9 Å². The van der Waals surface area contributed by atoms with Gasteiger partial charge < -0.3 is 23.9 Å². The van der Waals surface area contributed by atoms with E-state index in [1.807, 2.05) is 0 Å². The van der Waals surface area contributed by atoms with Gasteiger partial charge in [-0.05, 0) is 12.1 Å². The number of hydrogen-bond donors (Lipinski definition) is 2. The molecule has 0 saturated carbocycles. The summed E-state index contributed by atoms with van der Waals surface area (Å²) in [5.41, 5.74) is 0.797. The average molecular weight is 357 g/mol. The van der Waals surface area contributed by atoms with Gasteiger partial charge in [-0.1, -0.05) is 0 Å². The fourth-order valence-corrected chi connectivity index (χ4v) is 2.53. The van der Waals surface area contributed by atoms with Crippen molar-refractivity contribution in [3.63, 3.8) is 0 Å². The van der Waals surface area contributed by atoms with Crippen LogP contribution in [-0.2, 0) is 6.42 Å². The van der Waals surface area contributed by atoms with Crippen molar-refractivity contribution in [1.29, 1.82) is 0 Å². The average Bonchev–Trinajstić information content (AvgIpc) is 3.33. The number of benzene rings is 1. The van der Waals surface area contributed by atoms with Gasteiger partial charge in [0.2, 0.25) is 0 Å². The number of H-pyrrole nitrogens is 1. The molecule has 136 valence electrons. The van der Waals surface area contributed by atoms with Gasteiger partial charge in [0.25, 0.3) is 5.91 Å². The van der Waals surface area contributed by atoms with Gasteiger partial charge in [-0.3, -0.25) is 9.89 Å². The molecule has 2 aromatic heterocycles. The summed E-state index contributed by atoms with van der Waals surface area (Å²) in [5.74, 6) is 2.77. The Kier molecular flexibility index (Phi) is 5.12. The van der Waals surface area contributed by atoms with E-state index in [2.05, 4.69) is 15.5 Å². The highest BCUT2D eigenvalue weighted by Gasteiger charge is 2.17. The highest BCUT2D eigenvalue weighted by atomic mass is 16.5. The van der Waals surface area contributed by atoms with Gasteiger partial charge in [-0.15, -0.1) is 0 Å². The van der Waals surface area contributed by atoms with Crippen LogP contribution in [0.25, 0.3) is 0 Å². The first-order valence-electron chi connectivity index (χ1n) is 7.83. The second kappa shape index (κ2) is 7.64. The topological polar surface area (TPSA) is 98.6 Å². The fourth-order valence-electron chi connectivity index (χ4n) is 2.53. The molecule has 0 bridgehead atoms. The number of nitrogens with one attached hydrogen (secondary N) is 2. The zero-order valence-electron chi connectivity index (χ0n) is 14.7. The Morgan fingerprint density at radius 1 is 1.12 bits per heavy atom. The lowest BCUT2D eigenvalue weighted by atomic mass is 10.1. The molecule has 1 amide bonds. The summed E-state index contributed by atoms with van der Waals surface area (Å²) in [5, 5.41) is 9.09. The molecule has 1 aromatic carbocycles. The van der Waals surface area contributed by atoms with Crippen molar-refractivity contribution < 1.29 is 23.4 Å². The zero-order chi connectivity index (χ0) is 18.5. The molecule has 3 aromatic rings. The number of rotatable bonds is 7. The molecule has 0 radical (unpaired) electrons. The third-order valence-corrected chi connectivity index (χ3v) is 3.80. The van der Waals surface area contributed by atoms with Crippen molar-refractivity contribution in [3.05, 3.63) is 53.6 Å². The summed E-state index contributed by atoms with van der Waals surface area (Å²) in [6.45, 7) is 0. The SMILES string of the molecule is COc1cc(OC)c(Cc2ccc(C(=O)Nc3ccn[nH]3)o2)c(OC)c1. The smallest absolute Gasteiger partial charge is 0.292 e. The maximum absolute atomic E-state index is 12.2. The number of aromatic amines is 1. The Hall–Kier alpha value is -3.42. The first-order chi connectivity index (χ1) is 12.6. The number of nitrogens with zero attached hydrogens (tertiary/aromatic N) is 1. The van der Waals surface area contributed by atoms with E-state index in [0.29, 0.717) is 35.2 Å². The van der Waals surface area contributed by atoms with Crippen LogP contribution in [0.5, 0.6) is 17.2 Å². The number of anilines is 1. The van der Waals surface area contributed by atoms with E-state index in [0.717, 1.165) is 5.56 Å². The van der Waals surface area contributed by atoms with E-state index >= 15 is 0 Å². The van der Waals surface area contributed by atoms with Gasteiger partial charge in [-0.2, -0.15) is 5.10 Å². The number of ether oxygens (including phenoxy) is 3. The van der Waals surface area contributed by atoms with Crippen LogP contribution in [0, 0.1) is 0 Å². The molecule has 3 rings (SSSR count). The summed E-state index contributed by atoms with van der Waals surface area (Å²) in [4.78, 5) is 12.2. The molecule has 0 saturated heterocycles. The van der Waals surface area contributed by atoms with E-state index in [1.165, 1.54) is 0 Å². The maximum atomic E-state index is 12.2. The Morgan fingerprint density at radius 3 is 2.42 bits per heavy atom. The minimum Gasteiger partial charge on any atom is -0.496 e. The number of aromatic nitrogens is 2. The van der Waals surface area contributed by atoms with Crippen LogP contribution in [0.4, 0.5) is 5.82 Å². The molecule has 8 heteroatoms. The normalized spacial score (nSPS) is 10.4. The molecule has 2 heterocycles. The molecule has 26 heavy (non-hydrogen) atoms. The second-order valence-corrected chi connectivity index (χ2v) is 5.38. The largest absolute Gasteiger partial charge is 0.496 e. The minimum absolute atomic E-state index is 0.195. The highest BCUT2D eigenvalue weighted by Crippen LogP contribution is 2.35. The predicted molar refractivity (Wildman–Crippen MR) is 94.2 cm³/mol. The quantitative estimate of drug-likeness (QED) is 0.675. The summed E-state index contributed by atoms with van der Waals surface area (Å²) in [6.07, 6.45) is 1.94. The minimum atomic E-state index is -0.367. The monoisotopic (exact) mass is 357 g/mol. The van der Waals surface area contributed by atoms with Crippen molar-refractivity contribution in [1.82, 2.24) is 10.2 Å². The molecule has 0 aliphatic heterocycles. The van der Waals surface area contributed by atoms with E-state index < -0.39 is 0 Å². The van der Waals surface area contributed by atoms with Crippen molar-refractivity contribution in [2.24, 2.45) is 0 Å². The van der Waals surface area contributed by atoms with E-state index in [4.69, 9.17) is 18.6 Å². The Labute approximate surface area is 150 Å². The molecule has 8 nitrogen and oxygen atoms in total. The number of methoxy groups -OCH3 is 3. The first-order valence-corrected chi connectivity index (χ1v) is 7.83. The molecule has 0 unspecified atom stereocenters. The van der Waals surface area contributed by atoms with Crippen LogP contribution in [0.2, 0.25) is 0 Å². The van der Waals surface area contributed by atoms with Crippen LogP contribution in [0.15, 0.2) is 40.9 Å². The molecule has 0 spiro atoms. The Balaban J connectivity index is 1.81. The first kappa shape index (κ1) is 17.4. The van der Waals surface area contributed by atoms with E-state index in [9.17, 15) is 4.79 Å². The molecular weight excluding hydrogens is 338 g/mol. The van der Waals surface area contributed by atoms with Crippen LogP contribution in [0.3, 0.4) is 0 Å². The third-order valence-electron chi connectivity index (χ3n) is 3.80. The lowest BCUT2D eigenvalue weighted by molar-refractivity contribution is 0.0994. The van der Waals surface area contributed by atoms with Gasteiger partial charge in [0.15, 0.2) is 5.76 Å². The molecule has 0 fully saturated rings. The summed E-state index contributed by atoms with van der Waals surface area (Å²) in [6, 6.07) is 8.54. The predicted octanol–water partition coefficient (Wildman–Crippen LogP) is 2.87. The molecular formula is C18H19N3O5. The number of hydrogen-bond acceptors (Lipinski definition) is 6. The van der Waals surface area contributed by atoms with Crippen LogP contribution in [0.1, 0.15) is 21.9 Å². The van der Waals surface area contributed by atoms with Crippen molar-refractivity contribution in [3.8, 4) is 17.2 Å². The number of amides is 1. The summed E-state index contributed by atoms with van der Waals surface area (Å²) in [7, 11) is 4.72. The van der Waals surface area contributed by atoms with Gasteiger partial charge >= 0.3 is 0 Å².